The Labute approximate surface area is 78.1 Å². The van der Waals surface area contributed by atoms with Crippen LogP contribution in [0.15, 0.2) is 0 Å². The fourth-order valence-corrected chi connectivity index (χ4v) is 1.54. The Morgan fingerprint density at radius 3 is 1.83 bits per heavy atom. The molecule has 0 bridgehead atoms. The predicted molar refractivity (Wildman–Crippen MR) is 56.5 cm³/mol. The van der Waals surface area contributed by atoms with E-state index in [4.69, 9.17) is 0 Å². The number of likely N-dealkylation sites (tertiary alicyclic amines) is 1. The summed E-state index contributed by atoms with van der Waals surface area (Å²) in [5, 5.41) is 0. The van der Waals surface area contributed by atoms with Gasteiger partial charge in [-0.2, -0.15) is 0 Å². The molecule has 1 heteroatoms. The molecule has 0 aliphatic carbocycles. The van der Waals surface area contributed by atoms with Crippen molar-refractivity contribution in [1.82, 2.24) is 4.90 Å². The molecule has 0 amide bonds. The van der Waals surface area contributed by atoms with Crippen molar-refractivity contribution in [3.8, 4) is 0 Å². The third-order valence-corrected chi connectivity index (χ3v) is 2.55. The van der Waals surface area contributed by atoms with Crippen LogP contribution in [-0.4, -0.2) is 24.0 Å². The SMILES string of the molecule is CC.CC1CCN(C(C)C)CC1. The summed E-state index contributed by atoms with van der Waals surface area (Å²) >= 11 is 0. The van der Waals surface area contributed by atoms with E-state index in [0.29, 0.717) is 0 Å². The van der Waals surface area contributed by atoms with Crippen LogP contribution in [0.1, 0.15) is 47.5 Å². The first kappa shape index (κ1) is 12.0. The third kappa shape index (κ3) is 4.10. The maximum absolute atomic E-state index is 2.57. The number of nitrogens with zero attached hydrogens (tertiary/aromatic N) is 1. The third-order valence-electron chi connectivity index (χ3n) is 2.55. The van der Waals surface area contributed by atoms with Crippen LogP contribution in [0.3, 0.4) is 0 Å². The summed E-state index contributed by atoms with van der Waals surface area (Å²) in [6, 6.07) is 0.757. The Morgan fingerprint density at radius 2 is 1.50 bits per heavy atom. The molecule has 1 saturated heterocycles. The second kappa shape index (κ2) is 6.47. The highest BCUT2D eigenvalue weighted by Gasteiger charge is 2.16. The molecule has 1 fully saturated rings. The standard InChI is InChI=1S/C9H19N.C2H6/c1-8(2)10-6-4-9(3)5-7-10;1-2/h8-9H,4-7H2,1-3H3;1-2H3. The fraction of sp³-hybridized carbons (Fsp3) is 1.00. The molecule has 1 heterocycles. The number of hydrogen-bond donors (Lipinski definition) is 0. The van der Waals surface area contributed by atoms with Gasteiger partial charge in [0, 0.05) is 6.04 Å². The van der Waals surface area contributed by atoms with Gasteiger partial charge >= 0.3 is 0 Å². The topological polar surface area (TPSA) is 3.24 Å². The lowest BCUT2D eigenvalue weighted by Gasteiger charge is -2.33. The van der Waals surface area contributed by atoms with Gasteiger partial charge in [0.2, 0.25) is 0 Å². The molecule has 0 saturated carbocycles. The van der Waals surface area contributed by atoms with Gasteiger partial charge in [-0.05, 0) is 45.7 Å². The quantitative estimate of drug-likeness (QED) is 0.586. The van der Waals surface area contributed by atoms with E-state index in [1.165, 1.54) is 25.9 Å². The lowest BCUT2D eigenvalue weighted by atomic mass is 9.98. The zero-order valence-corrected chi connectivity index (χ0v) is 9.43. The minimum Gasteiger partial charge on any atom is -0.301 e. The van der Waals surface area contributed by atoms with E-state index in [0.717, 1.165) is 12.0 Å². The molecule has 0 aromatic heterocycles. The van der Waals surface area contributed by atoms with E-state index >= 15 is 0 Å². The zero-order valence-electron chi connectivity index (χ0n) is 9.43. The highest BCUT2D eigenvalue weighted by Crippen LogP contribution is 2.17. The smallest absolute Gasteiger partial charge is 0.00385 e. The van der Waals surface area contributed by atoms with Crippen molar-refractivity contribution in [2.75, 3.05) is 13.1 Å². The van der Waals surface area contributed by atoms with Gasteiger partial charge in [0.1, 0.15) is 0 Å². The molecule has 74 valence electrons. The summed E-state index contributed by atoms with van der Waals surface area (Å²) in [4.78, 5) is 2.57. The average molecular weight is 171 g/mol. The van der Waals surface area contributed by atoms with Crippen molar-refractivity contribution in [1.29, 1.82) is 0 Å². The number of rotatable bonds is 1. The lowest BCUT2D eigenvalue weighted by Crippen LogP contribution is -2.37. The Balaban J connectivity index is 0.000000561. The summed E-state index contributed by atoms with van der Waals surface area (Å²) < 4.78 is 0. The first-order valence-corrected chi connectivity index (χ1v) is 5.44. The zero-order chi connectivity index (χ0) is 9.56. The molecule has 1 aliphatic rings. The lowest BCUT2D eigenvalue weighted by molar-refractivity contribution is 0.156. The molecule has 1 rings (SSSR count). The molecule has 0 aromatic rings. The van der Waals surface area contributed by atoms with Crippen LogP contribution in [-0.2, 0) is 0 Å². The van der Waals surface area contributed by atoms with Crippen LogP contribution >= 0.6 is 0 Å². The van der Waals surface area contributed by atoms with Gasteiger partial charge in [0.25, 0.3) is 0 Å². The van der Waals surface area contributed by atoms with Crippen molar-refractivity contribution in [3.63, 3.8) is 0 Å². The first-order valence-electron chi connectivity index (χ1n) is 5.44. The van der Waals surface area contributed by atoms with E-state index < -0.39 is 0 Å². The predicted octanol–water partition coefficient (Wildman–Crippen LogP) is 3.15. The average Bonchev–Trinajstić information content (AvgIpc) is 2.09. The van der Waals surface area contributed by atoms with Crippen LogP contribution in [0.2, 0.25) is 0 Å². The maximum Gasteiger partial charge on any atom is 0.00385 e. The molecular weight excluding hydrogens is 146 g/mol. The largest absolute Gasteiger partial charge is 0.301 e. The fourth-order valence-electron chi connectivity index (χ4n) is 1.54. The Bertz CT molecular complexity index is 91.2. The molecule has 0 unspecified atom stereocenters. The van der Waals surface area contributed by atoms with E-state index in [-0.39, 0.29) is 0 Å². The summed E-state index contributed by atoms with van der Waals surface area (Å²) in [7, 11) is 0. The number of hydrogen-bond acceptors (Lipinski definition) is 1. The highest BCUT2D eigenvalue weighted by molar-refractivity contribution is 4.71. The van der Waals surface area contributed by atoms with Gasteiger partial charge in [-0.15, -0.1) is 0 Å². The monoisotopic (exact) mass is 171 g/mol. The van der Waals surface area contributed by atoms with Gasteiger partial charge in [-0.3, -0.25) is 0 Å². The van der Waals surface area contributed by atoms with Crippen molar-refractivity contribution >= 4 is 0 Å². The normalized spacial score (nSPS) is 20.5. The van der Waals surface area contributed by atoms with Gasteiger partial charge in [-0.25, -0.2) is 0 Å². The first-order chi connectivity index (χ1) is 5.70. The summed E-state index contributed by atoms with van der Waals surface area (Å²) in [5.74, 6) is 0.968. The van der Waals surface area contributed by atoms with Gasteiger partial charge in [-0.1, -0.05) is 20.8 Å². The minimum absolute atomic E-state index is 0.757. The molecule has 0 spiro atoms. The molecule has 0 radical (unpaired) electrons. The van der Waals surface area contributed by atoms with Crippen molar-refractivity contribution < 1.29 is 0 Å². The Kier molecular flexibility index (Phi) is 6.45. The summed E-state index contributed by atoms with van der Waals surface area (Å²) in [6.07, 6.45) is 2.80. The van der Waals surface area contributed by atoms with E-state index in [1.54, 1.807) is 0 Å². The molecule has 0 aromatic carbocycles. The van der Waals surface area contributed by atoms with Crippen LogP contribution in [0, 0.1) is 5.92 Å². The highest BCUT2D eigenvalue weighted by atomic mass is 15.1. The van der Waals surface area contributed by atoms with Crippen LogP contribution in [0.25, 0.3) is 0 Å². The van der Waals surface area contributed by atoms with Crippen molar-refractivity contribution in [2.45, 2.75) is 53.5 Å². The van der Waals surface area contributed by atoms with Crippen molar-refractivity contribution in [2.24, 2.45) is 5.92 Å². The van der Waals surface area contributed by atoms with Crippen LogP contribution in [0.5, 0.6) is 0 Å². The second-order valence-corrected chi connectivity index (χ2v) is 3.81. The maximum atomic E-state index is 2.57. The van der Waals surface area contributed by atoms with Crippen molar-refractivity contribution in [3.05, 3.63) is 0 Å². The Morgan fingerprint density at radius 1 is 1.08 bits per heavy atom. The van der Waals surface area contributed by atoms with Gasteiger partial charge in [0.05, 0.1) is 0 Å². The van der Waals surface area contributed by atoms with Gasteiger partial charge in [0.15, 0.2) is 0 Å². The van der Waals surface area contributed by atoms with E-state index in [2.05, 4.69) is 25.7 Å². The summed E-state index contributed by atoms with van der Waals surface area (Å²) in [6.45, 7) is 13.6. The van der Waals surface area contributed by atoms with E-state index in [1.807, 2.05) is 13.8 Å². The minimum atomic E-state index is 0.757. The molecular formula is C11H25N. The second-order valence-electron chi connectivity index (χ2n) is 3.81. The van der Waals surface area contributed by atoms with Crippen LogP contribution < -0.4 is 0 Å². The Hall–Kier alpha value is -0.0400. The molecule has 12 heavy (non-hydrogen) atoms. The van der Waals surface area contributed by atoms with Gasteiger partial charge < -0.3 is 4.90 Å². The van der Waals surface area contributed by atoms with Crippen LogP contribution in [0.4, 0.5) is 0 Å². The van der Waals surface area contributed by atoms with E-state index in [9.17, 15) is 0 Å². The summed E-state index contributed by atoms with van der Waals surface area (Å²) in [5.41, 5.74) is 0. The number of piperidine rings is 1. The molecule has 0 atom stereocenters. The molecule has 1 nitrogen and oxygen atoms in total. The molecule has 1 aliphatic heterocycles. The molecule has 0 N–H and O–H groups in total.